The number of anilines is 2. The Hall–Kier alpha value is -3.48. The first kappa shape index (κ1) is 40.7. The topological polar surface area (TPSA) is 22.7 Å². The lowest BCUT2D eigenvalue weighted by Gasteiger charge is -2.48. The zero-order valence-electron chi connectivity index (χ0n) is 35.5. The van der Waals surface area contributed by atoms with E-state index in [1.165, 1.54) is 102 Å². The van der Waals surface area contributed by atoms with Gasteiger partial charge in [-0.15, -0.1) is 0 Å². The minimum absolute atomic E-state index is 0.192. The molecule has 7 rings (SSSR count). The molecule has 0 N–H and O–H groups in total. The van der Waals surface area contributed by atoms with E-state index in [1.807, 2.05) is 33.9 Å². The number of allylic oxidation sites excluding steroid dienone is 4. The van der Waals surface area contributed by atoms with Gasteiger partial charge < -0.3 is 9.80 Å². The van der Waals surface area contributed by atoms with Gasteiger partial charge in [0.05, 0.1) is 5.75 Å². The number of hydrogen-bond donors (Lipinski definition) is 0. The number of aryl methyl sites for hydroxylation is 1. The summed E-state index contributed by atoms with van der Waals surface area (Å²) < 4.78 is 2.29. The molecule has 4 aliphatic rings. The third-order valence-corrected chi connectivity index (χ3v) is 15.5. The van der Waals surface area contributed by atoms with Crippen LogP contribution in [0.2, 0.25) is 0 Å². The normalized spacial score (nSPS) is 20.5. The van der Waals surface area contributed by atoms with Crippen LogP contribution in [-0.2, 0) is 28.2 Å². The van der Waals surface area contributed by atoms with Gasteiger partial charge >= 0.3 is 0 Å². The Kier molecular flexibility index (Phi) is 11.9. The lowest BCUT2D eigenvalue weighted by molar-refractivity contribution is -0.692. The van der Waals surface area contributed by atoms with E-state index in [0.717, 1.165) is 30.2 Å². The van der Waals surface area contributed by atoms with Gasteiger partial charge in [0.25, 0.3) is 0 Å². The van der Waals surface area contributed by atoms with Crippen molar-refractivity contribution in [1.29, 1.82) is 0 Å². The van der Waals surface area contributed by atoms with Gasteiger partial charge in [-0.3, -0.25) is 4.99 Å². The highest BCUT2D eigenvalue weighted by Gasteiger charge is 2.41. The largest absolute Gasteiger partial charge is 0.371 e. The molecule has 296 valence electrons. The van der Waals surface area contributed by atoms with Crippen LogP contribution in [0.25, 0.3) is 18.2 Å². The van der Waals surface area contributed by atoms with Crippen molar-refractivity contribution in [1.82, 2.24) is 0 Å². The molecule has 0 spiro atoms. The fraction of sp³-hybridized carbons (Fsp3) is 0.480. The van der Waals surface area contributed by atoms with Crippen LogP contribution >= 0.6 is 21.6 Å². The molecule has 6 heteroatoms. The Morgan fingerprint density at radius 3 is 1.59 bits per heavy atom. The van der Waals surface area contributed by atoms with E-state index in [1.54, 1.807) is 0 Å². The summed E-state index contributed by atoms with van der Waals surface area (Å²) in [7, 11) is 3.83. The number of aliphatic imine (C=N–C) groups is 1. The van der Waals surface area contributed by atoms with E-state index in [4.69, 9.17) is 0 Å². The van der Waals surface area contributed by atoms with E-state index < -0.39 is 0 Å². The monoisotopic (exact) mass is 785 g/mol. The van der Waals surface area contributed by atoms with Crippen molar-refractivity contribution >= 4 is 57.4 Å². The summed E-state index contributed by atoms with van der Waals surface area (Å²) in [5, 5.41) is 0. The molecule has 4 aliphatic heterocycles. The zero-order chi connectivity index (χ0) is 39.7. The van der Waals surface area contributed by atoms with E-state index in [0.29, 0.717) is 0 Å². The van der Waals surface area contributed by atoms with Gasteiger partial charge in [-0.05, 0) is 122 Å². The second-order valence-electron chi connectivity index (χ2n) is 19.0. The SMILES string of the molecule is C=CC(/C=C/c1cc2c3c(c1)C(C)(C)CCN3CCC2(C)C)=C\C=N\CCSSCC[n+]1ccc(/C=C/c2cc3c4c(c2)C(C)(C)CCN4CCC3(C)C)cc1. The Labute approximate surface area is 346 Å². The summed E-state index contributed by atoms with van der Waals surface area (Å²) in [4.78, 5) is 9.95. The molecule has 4 nitrogen and oxygen atoms in total. The number of aromatic nitrogens is 1. The summed E-state index contributed by atoms with van der Waals surface area (Å²) >= 11 is 0. The molecule has 0 radical (unpaired) electrons. The molecule has 0 fully saturated rings. The van der Waals surface area contributed by atoms with Crippen LogP contribution < -0.4 is 14.4 Å². The fourth-order valence-corrected chi connectivity index (χ4v) is 10.8. The molecular formula is C50H65N4S2+. The maximum Gasteiger partial charge on any atom is 0.169 e. The average Bonchev–Trinajstić information content (AvgIpc) is 3.16. The van der Waals surface area contributed by atoms with Crippen molar-refractivity contribution in [3.63, 3.8) is 0 Å². The molecule has 2 aromatic carbocycles. The maximum atomic E-state index is 4.67. The zero-order valence-corrected chi connectivity index (χ0v) is 37.1. The summed E-state index contributed by atoms with van der Waals surface area (Å²) in [6.07, 6.45) is 24.2. The molecule has 0 amide bonds. The molecular weight excluding hydrogens is 721 g/mol. The summed E-state index contributed by atoms with van der Waals surface area (Å²) in [6, 6.07) is 14.2. The maximum absolute atomic E-state index is 4.67. The predicted molar refractivity (Wildman–Crippen MR) is 249 cm³/mol. The van der Waals surface area contributed by atoms with Gasteiger partial charge in [0.1, 0.15) is 0 Å². The molecule has 3 aromatic rings. The van der Waals surface area contributed by atoms with Crippen molar-refractivity contribution in [3.05, 3.63) is 118 Å². The van der Waals surface area contributed by atoms with Gasteiger partial charge in [0.15, 0.2) is 18.9 Å². The van der Waals surface area contributed by atoms with Gasteiger partial charge in [0.2, 0.25) is 0 Å². The Morgan fingerprint density at radius 1 is 0.661 bits per heavy atom. The van der Waals surface area contributed by atoms with E-state index in [9.17, 15) is 0 Å². The van der Waals surface area contributed by atoms with Crippen molar-refractivity contribution in [2.75, 3.05) is 54.0 Å². The lowest BCUT2D eigenvalue weighted by Crippen LogP contribution is -2.44. The van der Waals surface area contributed by atoms with Crippen LogP contribution in [0.4, 0.5) is 11.4 Å². The van der Waals surface area contributed by atoms with Crippen LogP contribution in [0.15, 0.2) is 84.2 Å². The van der Waals surface area contributed by atoms with E-state index in [-0.39, 0.29) is 21.7 Å². The standard InChI is InChI=1S/C50H65N4S2/c1-10-37(11-13-39-33-41-45-42(34-39)48(4,5)19-27-53(45)26-18-47(41,2)3)15-22-51-23-31-55-56-32-30-52-24-16-38(17-25-52)12-14-40-35-43-46-44(36-40)50(8,9)21-29-54(46)28-20-49(43,6)7/h10-17,22,24-25,33-36H,1,18-21,23,26-32H2,2-9H3/q+1/b13-11+,37-15+,51-22+. The van der Waals surface area contributed by atoms with Gasteiger partial charge in [-0.25, -0.2) is 4.57 Å². The van der Waals surface area contributed by atoms with Gasteiger partial charge in [0, 0.05) is 68.2 Å². The number of nitrogens with zero attached hydrogens (tertiary/aromatic N) is 4. The van der Waals surface area contributed by atoms with Gasteiger partial charge in [-0.1, -0.05) is 114 Å². The smallest absolute Gasteiger partial charge is 0.169 e. The molecule has 1 aromatic heterocycles. The van der Waals surface area contributed by atoms with Crippen LogP contribution in [0, 0.1) is 0 Å². The Bertz CT molecular complexity index is 1960. The second kappa shape index (κ2) is 16.4. The van der Waals surface area contributed by atoms with E-state index >= 15 is 0 Å². The minimum atomic E-state index is 0.192. The highest BCUT2D eigenvalue weighted by Crippen LogP contribution is 2.51. The molecule has 0 saturated carbocycles. The fourth-order valence-electron chi connectivity index (χ4n) is 8.99. The van der Waals surface area contributed by atoms with Crippen molar-refractivity contribution < 1.29 is 4.57 Å². The highest BCUT2D eigenvalue weighted by molar-refractivity contribution is 8.76. The number of pyridine rings is 1. The molecule has 0 atom stereocenters. The van der Waals surface area contributed by atoms with Crippen molar-refractivity contribution in [2.45, 2.75) is 109 Å². The summed E-state index contributed by atoms with van der Waals surface area (Å²) in [5.41, 5.74) is 14.8. The third-order valence-electron chi connectivity index (χ3n) is 13.1. The molecule has 0 bridgehead atoms. The van der Waals surface area contributed by atoms with Crippen LogP contribution in [0.3, 0.4) is 0 Å². The molecule has 5 heterocycles. The molecule has 0 aliphatic carbocycles. The predicted octanol–water partition coefficient (Wildman–Crippen LogP) is 11.8. The number of rotatable bonds is 13. The molecule has 56 heavy (non-hydrogen) atoms. The minimum Gasteiger partial charge on any atom is -0.371 e. The van der Waals surface area contributed by atoms with Crippen molar-refractivity contribution in [2.24, 2.45) is 4.99 Å². The molecule has 0 saturated heterocycles. The second-order valence-corrected chi connectivity index (χ2v) is 21.7. The first-order chi connectivity index (χ1) is 26.7. The number of benzene rings is 2. The molecule has 0 unspecified atom stereocenters. The van der Waals surface area contributed by atoms with Crippen molar-refractivity contribution in [3.8, 4) is 0 Å². The number of hydrogen-bond acceptors (Lipinski definition) is 5. The first-order valence-corrected chi connectivity index (χ1v) is 23.5. The highest BCUT2D eigenvalue weighted by atomic mass is 33.1. The lowest BCUT2D eigenvalue weighted by atomic mass is 9.69. The quantitative estimate of drug-likeness (QED) is 0.0566. The van der Waals surface area contributed by atoms with Crippen LogP contribution in [-0.4, -0.2) is 50.4 Å². The van der Waals surface area contributed by atoms with Gasteiger partial charge in [-0.2, -0.15) is 0 Å². The Balaban J connectivity index is 0.864. The van der Waals surface area contributed by atoms with Crippen LogP contribution in [0.1, 0.15) is 120 Å². The summed E-state index contributed by atoms with van der Waals surface area (Å²) in [5.74, 6) is 2.07. The average molecular weight is 786 g/mol. The first-order valence-electron chi connectivity index (χ1n) is 21.0. The Morgan fingerprint density at radius 2 is 1.11 bits per heavy atom. The summed E-state index contributed by atoms with van der Waals surface area (Å²) in [6.45, 7) is 29.9. The van der Waals surface area contributed by atoms with E-state index in [2.05, 4.69) is 161 Å². The third kappa shape index (κ3) is 8.82. The van der Waals surface area contributed by atoms with Crippen LogP contribution in [0.5, 0.6) is 0 Å².